The number of anilines is 2. The van der Waals surface area contributed by atoms with Crippen molar-refractivity contribution >= 4 is 40.0 Å². The third kappa shape index (κ3) is 4.04. The molecule has 4 aromatic rings. The average molecular weight is 382 g/mol. The Kier molecular flexibility index (Phi) is 5.12. The Morgan fingerprint density at radius 2 is 1.76 bits per heavy atom. The summed E-state index contributed by atoms with van der Waals surface area (Å²) in [5, 5.41) is 3.99. The van der Waals surface area contributed by atoms with Crippen molar-refractivity contribution in [3.05, 3.63) is 90.3 Å². The standard InChI is InChI=1S/C24H22N4O/c1-28(2)20-12-10-19(11-13-20)27-24(29)22(17-7-4-3-5-8-17)15-18-16-26-23-21(18)9-6-14-25-23/h3-16H,1-2H3,(H,25,26)(H,27,29)/b22-15+. The summed E-state index contributed by atoms with van der Waals surface area (Å²) in [4.78, 5) is 22.7. The summed E-state index contributed by atoms with van der Waals surface area (Å²) < 4.78 is 0. The zero-order chi connectivity index (χ0) is 20.2. The molecule has 2 aromatic carbocycles. The molecule has 0 aliphatic heterocycles. The lowest BCUT2D eigenvalue weighted by molar-refractivity contribution is -0.111. The molecule has 0 aliphatic carbocycles. The molecule has 1 amide bonds. The number of pyridine rings is 1. The molecule has 5 nitrogen and oxygen atoms in total. The van der Waals surface area contributed by atoms with E-state index >= 15 is 0 Å². The van der Waals surface area contributed by atoms with E-state index < -0.39 is 0 Å². The summed E-state index contributed by atoms with van der Waals surface area (Å²) in [7, 11) is 3.97. The number of carbonyl (C=O) groups excluding carboxylic acids is 1. The van der Waals surface area contributed by atoms with Crippen LogP contribution in [-0.2, 0) is 4.79 Å². The fraction of sp³-hybridized carbons (Fsp3) is 0.0833. The van der Waals surface area contributed by atoms with Crippen molar-refractivity contribution in [3.8, 4) is 0 Å². The van der Waals surface area contributed by atoms with Crippen LogP contribution in [0.2, 0.25) is 0 Å². The molecule has 0 radical (unpaired) electrons. The van der Waals surface area contributed by atoms with Gasteiger partial charge in [-0.25, -0.2) is 4.98 Å². The van der Waals surface area contributed by atoms with Gasteiger partial charge in [-0.2, -0.15) is 0 Å². The maximum Gasteiger partial charge on any atom is 0.256 e. The topological polar surface area (TPSA) is 61.0 Å². The van der Waals surface area contributed by atoms with Crippen LogP contribution in [0.3, 0.4) is 0 Å². The molecule has 0 fully saturated rings. The van der Waals surface area contributed by atoms with E-state index in [0.29, 0.717) is 5.57 Å². The highest BCUT2D eigenvalue weighted by atomic mass is 16.1. The van der Waals surface area contributed by atoms with Gasteiger partial charge in [-0.15, -0.1) is 0 Å². The minimum Gasteiger partial charge on any atom is -0.378 e. The summed E-state index contributed by atoms with van der Waals surface area (Å²) in [5.41, 5.74) is 4.99. The molecular weight excluding hydrogens is 360 g/mol. The van der Waals surface area contributed by atoms with Crippen molar-refractivity contribution in [3.63, 3.8) is 0 Å². The highest BCUT2D eigenvalue weighted by Gasteiger charge is 2.14. The van der Waals surface area contributed by atoms with Gasteiger partial charge in [-0.05, 0) is 48.0 Å². The first-order valence-corrected chi connectivity index (χ1v) is 9.40. The molecule has 5 heteroatoms. The number of carbonyl (C=O) groups is 1. The van der Waals surface area contributed by atoms with E-state index in [0.717, 1.165) is 33.5 Å². The van der Waals surface area contributed by atoms with Gasteiger partial charge in [0.05, 0.1) is 0 Å². The van der Waals surface area contributed by atoms with Crippen LogP contribution in [0.1, 0.15) is 11.1 Å². The molecule has 2 N–H and O–H groups in total. The number of rotatable bonds is 5. The van der Waals surface area contributed by atoms with Crippen LogP contribution in [0.4, 0.5) is 11.4 Å². The minimum atomic E-state index is -0.160. The highest BCUT2D eigenvalue weighted by molar-refractivity contribution is 6.29. The second-order valence-electron chi connectivity index (χ2n) is 6.96. The van der Waals surface area contributed by atoms with Gasteiger partial charge >= 0.3 is 0 Å². The fourth-order valence-corrected chi connectivity index (χ4v) is 3.19. The van der Waals surface area contributed by atoms with E-state index in [9.17, 15) is 4.79 Å². The number of nitrogens with one attached hydrogen (secondary N) is 2. The Morgan fingerprint density at radius 1 is 1.00 bits per heavy atom. The van der Waals surface area contributed by atoms with E-state index in [1.807, 2.05) is 98.0 Å². The Morgan fingerprint density at radius 3 is 2.48 bits per heavy atom. The van der Waals surface area contributed by atoms with Crippen molar-refractivity contribution in [2.24, 2.45) is 0 Å². The lowest BCUT2D eigenvalue weighted by Crippen LogP contribution is -2.14. The van der Waals surface area contributed by atoms with Crippen molar-refractivity contribution in [2.45, 2.75) is 0 Å². The monoisotopic (exact) mass is 382 g/mol. The molecule has 0 aliphatic rings. The number of H-pyrrole nitrogens is 1. The van der Waals surface area contributed by atoms with Gasteiger partial charge in [0, 0.05) is 54.4 Å². The highest BCUT2D eigenvalue weighted by Crippen LogP contribution is 2.25. The van der Waals surface area contributed by atoms with Crippen molar-refractivity contribution in [1.82, 2.24) is 9.97 Å². The van der Waals surface area contributed by atoms with Gasteiger partial charge in [0.2, 0.25) is 0 Å². The van der Waals surface area contributed by atoms with Gasteiger partial charge in [-0.1, -0.05) is 30.3 Å². The van der Waals surface area contributed by atoms with Gasteiger partial charge in [-0.3, -0.25) is 4.79 Å². The summed E-state index contributed by atoms with van der Waals surface area (Å²) in [6.45, 7) is 0. The van der Waals surface area contributed by atoms with Gasteiger partial charge in [0.15, 0.2) is 0 Å². The number of aromatic amines is 1. The molecular formula is C24H22N4O. The number of nitrogens with zero attached hydrogens (tertiary/aromatic N) is 2. The predicted molar refractivity (Wildman–Crippen MR) is 120 cm³/mol. The SMILES string of the molecule is CN(C)c1ccc(NC(=O)/C(=C/c2c[nH]c3ncccc23)c2ccccc2)cc1. The normalized spacial score (nSPS) is 11.4. The van der Waals surface area contributed by atoms with Gasteiger partial charge < -0.3 is 15.2 Å². The molecule has 0 atom stereocenters. The van der Waals surface area contributed by atoms with Crippen molar-refractivity contribution in [1.29, 1.82) is 0 Å². The molecule has 29 heavy (non-hydrogen) atoms. The van der Waals surface area contributed by atoms with Crippen LogP contribution in [0.25, 0.3) is 22.7 Å². The smallest absolute Gasteiger partial charge is 0.256 e. The Hall–Kier alpha value is -3.86. The van der Waals surface area contributed by atoms with E-state index in [2.05, 4.69) is 15.3 Å². The zero-order valence-electron chi connectivity index (χ0n) is 16.4. The second-order valence-corrected chi connectivity index (χ2v) is 6.96. The fourth-order valence-electron chi connectivity index (χ4n) is 3.19. The zero-order valence-corrected chi connectivity index (χ0v) is 16.4. The van der Waals surface area contributed by atoms with E-state index in [1.54, 1.807) is 6.20 Å². The number of amides is 1. The first-order valence-electron chi connectivity index (χ1n) is 9.40. The lowest BCUT2D eigenvalue weighted by Gasteiger charge is -2.14. The number of benzene rings is 2. The lowest BCUT2D eigenvalue weighted by atomic mass is 10.0. The molecule has 2 aromatic heterocycles. The molecule has 0 bridgehead atoms. The summed E-state index contributed by atoms with van der Waals surface area (Å²) in [6, 6.07) is 21.3. The molecule has 2 heterocycles. The maximum absolute atomic E-state index is 13.2. The maximum atomic E-state index is 13.2. The van der Waals surface area contributed by atoms with Gasteiger partial charge in [0.25, 0.3) is 5.91 Å². The molecule has 0 saturated heterocycles. The first kappa shape index (κ1) is 18.5. The second kappa shape index (κ2) is 8.02. The van der Waals surface area contributed by atoms with E-state index in [4.69, 9.17) is 0 Å². The van der Waals surface area contributed by atoms with Crippen LogP contribution < -0.4 is 10.2 Å². The Labute approximate surface area is 169 Å². The van der Waals surface area contributed by atoms with Crippen LogP contribution in [-0.4, -0.2) is 30.0 Å². The largest absolute Gasteiger partial charge is 0.378 e. The molecule has 144 valence electrons. The molecule has 0 spiro atoms. The molecule has 0 saturated carbocycles. The predicted octanol–water partition coefficient (Wildman–Crippen LogP) is 4.81. The first-order chi connectivity index (χ1) is 14.1. The average Bonchev–Trinajstić information content (AvgIpc) is 3.16. The summed E-state index contributed by atoms with van der Waals surface area (Å²) in [6.07, 6.45) is 5.52. The van der Waals surface area contributed by atoms with Crippen LogP contribution >= 0.6 is 0 Å². The number of aromatic nitrogens is 2. The van der Waals surface area contributed by atoms with Gasteiger partial charge in [0.1, 0.15) is 5.65 Å². The minimum absolute atomic E-state index is 0.160. The van der Waals surface area contributed by atoms with E-state index in [1.165, 1.54) is 0 Å². The summed E-state index contributed by atoms with van der Waals surface area (Å²) >= 11 is 0. The van der Waals surface area contributed by atoms with Crippen LogP contribution in [0, 0.1) is 0 Å². The van der Waals surface area contributed by atoms with E-state index in [-0.39, 0.29) is 5.91 Å². The van der Waals surface area contributed by atoms with Crippen LogP contribution in [0.15, 0.2) is 79.1 Å². The summed E-state index contributed by atoms with van der Waals surface area (Å²) in [5.74, 6) is -0.160. The third-order valence-electron chi connectivity index (χ3n) is 4.75. The number of hydrogen-bond donors (Lipinski definition) is 2. The molecule has 4 rings (SSSR count). The number of hydrogen-bond acceptors (Lipinski definition) is 3. The third-order valence-corrected chi connectivity index (χ3v) is 4.75. The number of fused-ring (bicyclic) bond motifs is 1. The quantitative estimate of drug-likeness (QED) is 0.487. The Balaban J connectivity index is 1.70. The van der Waals surface area contributed by atoms with Crippen molar-refractivity contribution < 1.29 is 4.79 Å². The molecule has 0 unspecified atom stereocenters. The van der Waals surface area contributed by atoms with Crippen LogP contribution in [0.5, 0.6) is 0 Å². The van der Waals surface area contributed by atoms with Crippen molar-refractivity contribution in [2.75, 3.05) is 24.3 Å². The Bertz CT molecular complexity index is 1160.